The third-order valence-corrected chi connectivity index (χ3v) is 2.19. The molecule has 0 aromatic heterocycles. The minimum Gasteiger partial charge on any atom is -0.338 e. The van der Waals surface area contributed by atoms with Crippen molar-refractivity contribution in [1.29, 1.82) is 0 Å². The Balaban J connectivity index is 2.49. The van der Waals surface area contributed by atoms with E-state index >= 15 is 0 Å². The van der Waals surface area contributed by atoms with Gasteiger partial charge in [-0.15, -0.1) is 0 Å². The highest BCUT2D eigenvalue weighted by Crippen LogP contribution is 2.18. The van der Waals surface area contributed by atoms with Crippen molar-refractivity contribution in [3.63, 3.8) is 0 Å². The molecule has 1 fully saturated rings. The molecule has 1 saturated heterocycles. The fraction of sp³-hybridized carbons (Fsp3) is 0.667. The summed E-state index contributed by atoms with van der Waals surface area (Å²) in [5.41, 5.74) is 0. The topological polar surface area (TPSA) is 46.6 Å². The first-order valence-corrected chi connectivity index (χ1v) is 4.17. The first-order chi connectivity index (χ1) is 5.11. The average molecular weight is 222 g/mol. The van der Waals surface area contributed by atoms with E-state index < -0.39 is 5.97 Å². The number of rotatable bonds is 1. The first kappa shape index (κ1) is 8.52. The SMILES string of the molecule is CC(=O)ON1CCC(Br)C1=O. The molecule has 1 aliphatic rings. The molecule has 5 heteroatoms. The monoisotopic (exact) mass is 221 g/mol. The molecule has 1 aliphatic heterocycles. The van der Waals surface area contributed by atoms with Gasteiger partial charge in [0.1, 0.15) is 0 Å². The summed E-state index contributed by atoms with van der Waals surface area (Å²) in [6, 6.07) is 0. The molecule has 1 amide bonds. The van der Waals surface area contributed by atoms with Gasteiger partial charge in [-0.1, -0.05) is 15.9 Å². The predicted octanol–water partition coefficient (Wildman–Crippen LogP) is 0.460. The summed E-state index contributed by atoms with van der Waals surface area (Å²) in [6.45, 7) is 1.75. The molecule has 0 aromatic carbocycles. The Morgan fingerprint density at radius 3 is 2.82 bits per heavy atom. The number of hydrogen-bond acceptors (Lipinski definition) is 3. The van der Waals surface area contributed by atoms with Crippen molar-refractivity contribution < 1.29 is 14.4 Å². The number of carbonyl (C=O) groups excluding carboxylic acids is 2. The maximum atomic E-state index is 11.0. The van der Waals surface area contributed by atoms with Crippen molar-refractivity contribution in [2.45, 2.75) is 18.2 Å². The molecule has 0 aromatic rings. The Bertz CT molecular complexity index is 194. The van der Waals surface area contributed by atoms with Gasteiger partial charge in [0.05, 0.1) is 11.4 Å². The number of carbonyl (C=O) groups is 2. The molecule has 1 rings (SSSR count). The fourth-order valence-electron chi connectivity index (χ4n) is 0.866. The Hall–Kier alpha value is -0.580. The Morgan fingerprint density at radius 2 is 2.45 bits per heavy atom. The molecule has 0 spiro atoms. The summed E-state index contributed by atoms with van der Waals surface area (Å²) in [7, 11) is 0. The summed E-state index contributed by atoms with van der Waals surface area (Å²) in [5.74, 6) is -0.639. The smallest absolute Gasteiger partial charge is 0.329 e. The van der Waals surface area contributed by atoms with E-state index in [0.717, 1.165) is 5.06 Å². The summed E-state index contributed by atoms with van der Waals surface area (Å²) in [6.07, 6.45) is 0.687. The summed E-state index contributed by atoms with van der Waals surface area (Å²) >= 11 is 3.15. The highest BCUT2D eigenvalue weighted by atomic mass is 79.9. The normalized spacial score (nSPS) is 24.0. The molecular formula is C6H8BrNO3. The van der Waals surface area contributed by atoms with Crippen LogP contribution in [0.4, 0.5) is 0 Å². The third-order valence-electron chi connectivity index (χ3n) is 1.34. The lowest BCUT2D eigenvalue weighted by molar-refractivity contribution is -0.190. The van der Waals surface area contributed by atoms with Crippen LogP contribution in [0.2, 0.25) is 0 Å². The van der Waals surface area contributed by atoms with E-state index in [2.05, 4.69) is 20.8 Å². The summed E-state index contributed by atoms with van der Waals surface area (Å²) < 4.78 is 0. The van der Waals surface area contributed by atoms with Crippen LogP contribution in [0, 0.1) is 0 Å². The minimum atomic E-state index is -0.458. The average Bonchev–Trinajstić information content (AvgIpc) is 2.18. The maximum Gasteiger partial charge on any atom is 0.329 e. The second kappa shape index (κ2) is 3.21. The van der Waals surface area contributed by atoms with Crippen molar-refractivity contribution in [1.82, 2.24) is 5.06 Å². The van der Waals surface area contributed by atoms with Gasteiger partial charge in [0.15, 0.2) is 0 Å². The van der Waals surface area contributed by atoms with Crippen molar-refractivity contribution in [2.24, 2.45) is 0 Å². The molecule has 62 valence electrons. The lowest BCUT2D eigenvalue weighted by Crippen LogP contribution is -2.29. The molecule has 1 unspecified atom stereocenters. The zero-order valence-electron chi connectivity index (χ0n) is 6.04. The second-order valence-corrected chi connectivity index (χ2v) is 3.38. The Labute approximate surface area is 72.6 Å². The van der Waals surface area contributed by atoms with Crippen LogP contribution >= 0.6 is 15.9 Å². The van der Waals surface area contributed by atoms with E-state index in [4.69, 9.17) is 0 Å². The zero-order valence-corrected chi connectivity index (χ0v) is 7.63. The van der Waals surface area contributed by atoms with E-state index in [-0.39, 0.29) is 10.7 Å². The molecular weight excluding hydrogens is 214 g/mol. The predicted molar refractivity (Wildman–Crippen MR) is 40.8 cm³/mol. The van der Waals surface area contributed by atoms with E-state index in [1.807, 2.05) is 0 Å². The van der Waals surface area contributed by atoms with Crippen LogP contribution in [0.1, 0.15) is 13.3 Å². The summed E-state index contributed by atoms with van der Waals surface area (Å²) in [4.78, 5) is 25.9. The fourth-order valence-corrected chi connectivity index (χ4v) is 1.30. The lowest BCUT2D eigenvalue weighted by atomic mass is 10.4. The van der Waals surface area contributed by atoms with Crippen LogP contribution in [-0.2, 0) is 14.4 Å². The van der Waals surface area contributed by atoms with Gasteiger partial charge in [0.2, 0.25) is 0 Å². The van der Waals surface area contributed by atoms with E-state index in [9.17, 15) is 9.59 Å². The highest BCUT2D eigenvalue weighted by Gasteiger charge is 2.31. The van der Waals surface area contributed by atoms with Crippen LogP contribution in [0.15, 0.2) is 0 Å². The maximum absolute atomic E-state index is 11.0. The Kier molecular flexibility index (Phi) is 2.49. The largest absolute Gasteiger partial charge is 0.338 e. The van der Waals surface area contributed by atoms with Crippen molar-refractivity contribution >= 4 is 27.8 Å². The van der Waals surface area contributed by atoms with Gasteiger partial charge < -0.3 is 4.84 Å². The van der Waals surface area contributed by atoms with Crippen molar-refractivity contribution in [3.8, 4) is 0 Å². The van der Waals surface area contributed by atoms with Gasteiger partial charge >= 0.3 is 5.97 Å². The molecule has 4 nitrogen and oxygen atoms in total. The quantitative estimate of drug-likeness (QED) is 0.605. The van der Waals surface area contributed by atoms with Gasteiger partial charge in [-0.25, -0.2) is 0 Å². The molecule has 0 aliphatic carbocycles. The third kappa shape index (κ3) is 1.92. The molecule has 1 heterocycles. The highest BCUT2D eigenvalue weighted by molar-refractivity contribution is 9.10. The molecule has 0 bridgehead atoms. The standard InChI is InChI=1S/C6H8BrNO3/c1-4(9)11-8-3-2-5(7)6(8)10/h5H,2-3H2,1H3. The molecule has 0 radical (unpaired) electrons. The van der Waals surface area contributed by atoms with Gasteiger partial charge in [-0.3, -0.25) is 9.59 Å². The van der Waals surface area contributed by atoms with Crippen molar-refractivity contribution in [3.05, 3.63) is 0 Å². The summed E-state index contributed by atoms with van der Waals surface area (Å²) in [5, 5.41) is 1.09. The van der Waals surface area contributed by atoms with Gasteiger partial charge in [-0.2, -0.15) is 5.06 Å². The minimum absolute atomic E-state index is 0.180. The molecule has 0 N–H and O–H groups in total. The van der Waals surface area contributed by atoms with Crippen LogP contribution in [0.25, 0.3) is 0 Å². The number of hydroxylamine groups is 2. The Morgan fingerprint density at radius 1 is 1.82 bits per heavy atom. The number of amides is 1. The first-order valence-electron chi connectivity index (χ1n) is 3.25. The number of halogens is 1. The van der Waals surface area contributed by atoms with Crippen LogP contribution in [0.3, 0.4) is 0 Å². The lowest BCUT2D eigenvalue weighted by Gasteiger charge is -2.12. The van der Waals surface area contributed by atoms with Gasteiger partial charge in [0.25, 0.3) is 5.91 Å². The second-order valence-electron chi connectivity index (χ2n) is 2.28. The van der Waals surface area contributed by atoms with Crippen LogP contribution < -0.4 is 0 Å². The van der Waals surface area contributed by atoms with Crippen molar-refractivity contribution in [2.75, 3.05) is 6.54 Å². The molecule has 0 saturated carbocycles. The number of alkyl halides is 1. The molecule has 11 heavy (non-hydrogen) atoms. The van der Waals surface area contributed by atoms with Crippen LogP contribution in [-0.4, -0.2) is 28.3 Å². The van der Waals surface area contributed by atoms with E-state index in [0.29, 0.717) is 13.0 Å². The van der Waals surface area contributed by atoms with E-state index in [1.54, 1.807) is 0 Å². The number of nitrogens with zero attached hydrogens (tertiary/aromatic N) is 1. The number of hydrogen-bond donors (Lipinski definition) is 0. The zero-order chi connectivity index (χ0) is 8.43. The van der Waals surface area contributed by atoms with Gasteiger partial charge in [-0.05, 0) is 6.42 Å². The van der Waals surface area contributed by atoms with Crippen LogP contribution in [0.5, 0.6) is 0 Å². The molecule has 1 atom stereocenters. The van der Waals surface area contributed by atoms with E-state index in [1.165, 1.54) is 6.92 Å². The van der Waals surface area contributed by atoms with Gasteiger partial charge in [0, 0.05) is 6.92 Å².